The molecule has 2 aliphatic carbocycles. The Balaban J connectivity index is 1.61. The monoisotopic (exact) mass is 293 g/mol. The maximum atomic E-state index is 11.1. The van der Waals surface area contributed by atoms with Gasteiger partial charge in [-0.05, 0) is 49.0 Å². The van der Waals surface area contributed by atoms with Gasteiger partial charge in [0.1, 0.15) is 0 Å². The zero-order valence-corrected chi connectivity index (χ0v) is 12.6. The second kappa shape index (κ2) is 6.27. The third kappa shape index (κ3) is 3.61. The van der Waals surface area contributed by atoms with Gasteiger partial charge in [-0.3, -0.25) is 4.79 Å². The number of carbonyl (C=O) groups is 1. The molecule has 110 valence electrons. The highest BCUT2D eigenvalue weighted by molar-refractivity contribution is 7.10. The molecule has 2 saturated carbocycles. The summed E-state index contributed by atoms with van der Waals surface area (Å²) in [5.74, 6) is 1.14. The van der Waals surface area contributed by atoms with E-state index in [-0.39, 0.29) is 12.5 Å². The number of hydrogen-bond acceptors (Lipinski definition) is 3. The molecule has 4 heteroatoms. The number of hydrogen-bond donors (Lipinski definition) is 2. The highest BCUT2D eigenvalue weighted by Gasteiger charge is 2.35. The van der Waals surface area contributed by atoms with E-state index in [1.54, 1.807) is 11.3 Å². The molecule has 2 N–H and O–H groups in total. The van der Waals surface area contributed by atoms with Crippen molar-refractivity contribution < 1.29 is 9.90 Å². The summed E-state index contributed by atoms with van der Waals surface area (Å²) >= 11 is 1.66. The van der Waals surface area contributed by atoms with Crippen LogP contribution in [-0.2, 0) is 4.79 Å². The summed E-state index contributed by atoms with van der Waals surface area (Å²) in [6, 6.07) is 4.54. The lowest BCUT2D eigenvalue weighted by Crippen LogP contribution is -2.37. The van der Waals surface area contributed by atoms with E-state index >= 15 is 0 Å². The molecule has 1 aromatic heterocycles. The van der Waals surface area contributed by atoms with E-state index in [1.165, 1.54) is 38.5 Å². The van der Waals surface area contributed by atoms with Gasteiger partial charge in [0, 0.05) is 10.9 Å². The topological polar surface area (TPSA) is 49.3 Å². The highest BCUT2D eigenvalue weighted by Crippen LogP contribution is 2.44. The van der Waals surface area contributed by atoms with Gasteiger partial charge in [-0.1, -0.05) is 18.9 Å². The van der Waals surface area contributed by atoms with Crippen molar-refractivity contribution in [2.24, 2.45) is 11.8 Å². The molecule has 3 atom stereocenters. The maximum absolute atomic E-state index is 11.1. The van der Waals surface area contributed by atoms with Gasteiger partial charge in [0.2, 0.25) is 0 Å². The van der Waals surface area contributed by atoms with Crippen molar-refractivity contribution >= 4 is 17.3 Å². The second-order valence-electron chi connectivity index (χ2n) is 6.29. The molecule has 3 nitrogen and oxygen atoms in total. The fourth-order valence-electron chi connectivity index (χ4n) is 3.57. The van der Waals surface area contributed by atoms with Crippen LogP contribution in [0, 0.1) is 11.8 Å². The fourth-order valence-corrected chi connectivity index (χ4v) is 4.35. The van der Waals surface area contributed by atoms with Crippen molar-refractivity contribution in [3.8, 4) is 0 Å². The van der Waals surface area contributed by atoms with Crippen LogP contribution >= 0.6 is 11.3 Å². The number of carboxylic acids is 1. The molecule has 0 radical (unpaired) electrons. The Kier molecular flexibility index (Phi) is 4.41. The average Bonchev–Trinajstić information content (AvgIpc) is 3.13. The van der Waals surface area contributed by atoms with Gasteiger partial charge in [0.15, 0.2) is 0 Å². The first kappa shape index (κ1) is 14.1. The van der Waals surface area contributed by atoms with Crippen molar-refractivity contribution in [2.45, 2.75) is 57.0 Å². The molecule has 2 fully saturated rings. The molecule has 1 aromatic rings. The van der Waals surface area contributed by atoms with E-state index in [1.807, 2.05) is 17.5 Å². The van der Waals surface area contributed by atoms with Crippen LogP contribution < -0.4 is 5.32 Å². The number of carboxylic acid groups (broad SMARTS) is 1. The van der Waals surface area contributed by atoms with Crippen molar-refractivity contribution in [1.29, 1.82) is 0 Å². The minimum absolute atomic E-state index is 0.0181. The largest absolute Gasteiger partial charge is 0.481 e. The van der Waals surface area contributed by atoms with E-state index < -0.39 is 5.97 Å². The third-order valence-electron chi connectivity index (χ3n) is 4.71. The molecule has 0 saturated heterocycles. The molecular formula is C16H23NO2S. The summed E-state index contributed by atoms with van der Waals surface area (Å²) < 4.78 is 0. The third-order valence-corrected chi connectivity index (χ3v) is 5.69. The minimum Gasteiger partial charge on any atom is -0.481 e. The lowest BCUT2D eigenvalue weighted by Gasteiger charge is -2.32. The van der Waals surface area contributed by atoms with Crippen LogP contribution in [-0.4, -0.2) is 17.1 Å². The van der Waals surface area contributed by atoms with E-state index in [0.29, 0.717) is 6.04 Å². The Morgan fingerprint density at radius 2 is 2.20 bits per heavy atom. The van der Waals surface area contributed by atoms with Crippen LogP contribution in [0.25, 0.3) is 0 Å². The van der Waals surface area contributed by atoms with E-state index in [4.69, 9.17) is 5.11 Å². The second-order valence-corrected chi connectivity index (χ2v) is 7.27. The summed E-state index contributed by atoms with van der Waals surface area (Å²) in [7, 11) is 0. The number of aliphatic carboxylic acids is 1. The number of rotatable bonds is 6. The maximum Gasteiger partial charge on any atom is 0.305 e. The molecule has 20 heavy (non-hydrogen) atoms. The fraction of sp³-hybridized carbons (Fsp3) is 0.688. The molecule has 0 spiro atoms. The smallest absolute Gasteiger partial charge is 0.305 e. The highest BCUT2D eigenvalue weighted by atomic mass is 32.1. The Morgan fingerprint density at radius 1 is 1.35 bits per heavy atom. The summed E-state index contributed by atoms with van der Waals surface area (Å²) in [6.07, 6.45) is 8.14. The SMILES string of the molecule is O=C(O)CC(NC1CCCC(C2CC2)C1)c1cccs1. The molecule has 3 rings (SSSR count). The van der Waals surface area contributed by atoms with Gasteiger partial charge in [-0.15, -0.1) is 11.3 Å². The van der Waals surface area contributed by atoms with E-state index in [9.17, 15) is 4.79 Å². The predicted molar refractivity (Wildman–Crippen MR) is 80.9 cm³/mol. The Morgan fingerprint density at radius 3 is 2.85 bits per heavy atom. The first-order valence-corrected chi connectivity index (χ1v) is 8.61. The standard InChI is InChI=1S/C16H23NO2S/c18-16(19)10-14(15-5-2-8-20-15)17-13-4-1-3-12(9-13)11-6-7-11/h2,5,8,11-14,17H,1,3-4,6-7,9-10H2,(H,18,19). The molecule has 0 bridgehead atoms. The lowest BCUT2D eigenvalue weighted by atomic mass is 9.82. The first-order valence-electron chi connectivity index (χ1n) is 7.73. The zero-order valence-electron chi connectivity index (χ0n) is 11.8. The van der Waals surface area contributed by atoms with E-state index in [2.05, 4.69) is 5.32 Å². The van der Waals surface area contributed by atoms with Gasteiger partial charge in [-0.25, -0.2) is 0 Å². The van der Waals surface area contributed by atoms with Crippen LogP contribution in [0.4, 0.5) is 0 Å². The lowest BCUT2D eigenvalue weighted by molar-refractivity contribution is -0.137. The van der Waals surface area contributed by atoms with E-state index in [0.717, 1.165) is 16.7 Å². The Labute approximate surface area is 124 Å². The molecule has 1 heterocycles. The van der Waals surface area contributed by atoms with Crippen LogP contribution in [0.1, 0.15) is 55.9 Å². The predicted octanol–water partition coefficient (Wildman–Crippen LogP) is 3.82. The van der Waals surface area contributed by atoms with Crippen LogP contribution in [0.5, 0.6) is 0 Å². The van der Waals surface area contributed by atoms with Gasteiger partial charge < -0.3 is 10.4 Å². The summed E-state index contributed by atoms with van der Waals surface area (Å²) in [5, 5.41) is 14.8. The normalized spacial score (nSPS) is 28.2. The minimum atomic E-state index is -0.717. The first-order chi connectivity index (χ1) is 9.72. The van der Waals surface area contributed by atoms with Gasteiger partial charge in [-0.2, -0.15) is 0 Å². The van der Waals surface area contributed by atoms with Crippen LogP contribution in [0.2, 0.25) is 0 Å². The number of thiophene rings is 1. The summed E-state index contributed by atoms with van der Waals surface area (Å²) in [4.78, 5) is 12.2. The Bertz CT molecular complexity index is 441. The molecule has 0 amide bonds. The van der Waals surface area contributed by atoms with Gasteiger partial charge >= 0.3 is 5.97 Å². The molecule has 0 aromatic carbocycles. The van der Waals surface area contributed by atoms with Crippen LogP contribution in [0.3, 0.4) is 0 Å². The summed E-state index contributed by atoms with van der Waals surface area (Å²) in [5.41, 5.74) is 0. The summed E-state index contributed by atoms with van der Waals surface area (Å²) in [6.45, 7) is 0. The Hall–Kier alpha value is -0.870. The average molecular weight is 293 g/mol. The van der Waals surface area contributed by atoms with Gasteiger partial charge in [0.25, 0.3) is 0 Å². The zero-order chi connectivity index (χ0) is 13.9. The quantitative estimate of drug-likeness (QED) is 0.838. The van der Waals surface area contributed by atoms with Crippen molar-refractivity contribution in [1.82, 2.24) is 5.32 Å². The molecule has 2 aliphatic rings. The van der Waals surface area contributed by atoms with Gasteiger partial charge in [0.05, 0.1) is 12.5 Å². The van der Waals surface area contributed by atoms with Crippen molar-refractivity contribution in [3.05, 3.63) is 22.4 Å². The number of nitrogens with one attached hydrogen (secondary N) is 1. The van der Waals surface area contributed by atoms with Crippen molar-refractivity contribution in [2.75, 3.05) is 0 Å². The van der Waals surface area contributed by atoms with Crippen molar-refractivity contribution in [3.63, 3.8) is 0 Å². The molecule has 3 unspecified atom stereocenters. The molecular weight excluding hydrogens is 270 g/mol. The van der Waals surface area contributed by atoms with Crippen LogP contribution in [0.15, 0.2) is 17.5 Å². The molecule has 0 aliphatic heterocycles.